The average molecular weight is 553 g/mol. The van der Waals surface area contributed by atoms with Gasteiger partial charge in [0.25, 0.3) is 0 Å². The summed E-state index contributed by atoms with van der Waals surface area (Å²) in [5.74, 6) is -1.65. The Hall–Kier alpha value is -1.06. The summed E-state index contributed by atoms with van der Waals surface area (Å²) >= 11 is 0. The Morgan fingerprint density at radius 2 is 0.667 bits per heavy atom. The normalized spacial score (nSPS) is 11.7. The molecule has 4 nitrogen and oxygen atoms in total. The van der Waals surface area contributed by atoms with Gasteiger partial charge in [0, 0.05) is 6.42 Å². The van der Waals surface area contributed by atoms with E-state index in [0.29, 0.717) is 12.8 Å². The van der Waals surface area contributed by atoms with E-state index in [2.05, 4.69) is 13.8 Å². The van der Waals surface area contributed by atoms with Crippen molar-refractivity contribution in [2.45, 2.75) is 206 Å². The molecule has 0 saturated carbocycles. The lowest BCUT2D eigenvalue weighted by molar-refractivity contribution is -0.151. The number of carboxylic acids is 2. The number of carboxylic acid groups (broad SMARTS) is 2. The maximum absolute atomic E-state index is 12.3. The molecule has 0 aromatic rings. The monoisotopic (exact) mass is 553 g/mol. The van der Waals surface area contributed by atoms with Crippen LogP contribution in [0.1, 0.15) is 206 Å². The first-order valence-electron chi connectivity index (χ1n) is 17.4. The van der Waals surface area contributed by atoms with E-state index in [9.17, 15) is 19.8 Å². The fraction of sp³-hybridized carbons (Fsp3) is 0.943. The van der Waals surface area contributed by atoms with Gasteiger partial charge in [-0.05, 0) is 19.3 Å². The number of aliphatic carboxylic acids is 2. The standard InChI is InChI=1S/C35H68O4/c1-3-5-7-9-11-13-15-17-19-21-23-25-27-30-35(34(38)39,32-29-33(36)37)31-28-26-24-22-20-18-16-14-12-10-8-6-4-2/h3-32H2,1-2H3,(H,36,37)(H,38,39). The molecule has 0 fully saturated rings. The predicted octanol–water partition coefficient (Wildman–Crippen LogP) is 11.9. The number of rotatable bonds is 32. The molecule has 0 rings (SSSR count). The van der Waals surface area contributed by atoms with Crippen LogP contribution in [0.25, 0.3) is 0 Å². The SMILES string of the molecule is CCCCCCCCCCCCCCCC(CCCCCCCCCCCCCCC)(CCC(=O)O)C(=O)O. The molecule has 0 aromatic heterocycles. The summed E-state index contributed by atoms with van der Waals surface area (Å²) in [6.07, 6.45) is 34.6. The zero-order valence-corrected chi connectivity index (χ0v) is 26.4. The molecule has 0 heterocycles. The van der Waals surface area contributed by atoms with Gasteiger partial charge in [-0.2, -0.15) is 0 Å². The van der Waals surface area contributed by atoms with Crippen LogP contribution >= 0.6 is 0 Å². The Morgan fingerprint density at radius 1 is 0.410 bits per heavy atom. The van der Waals surface area contributed by atoms with Crippen molar-refractivity contribution in [3.05, 3.63) is 0 Å². The Balaban J connectivity index is 4.07. The van der Waals surface area contributed by atoms with Crippen molar-refractivity contribution in [3.63, 3.8) is 0 Å². The summed E-state index contributed by atoms with van der Waals surface area (Å²) in [5, 5.41) is 19.4. The third kappa shape index (κ3) is 24.5. The first kappa shape index (κ1) is 37.9. The summed E-state index contributed by atoms with van der Waals surface area (Å²) in [4.78, 5) is 23.6. The molecule has 232 valence electrons. The molecule has 0 aliphatic carbocycles. The van der Waals surface area contributed by atoms with Crippen molar-refractivity contribution in [1.29, 1.82) is 0 Å². The minimum atomic E-state index is -0.878. The van der Waals surface area contributed by atoms with E-state index >= 15 is 0 Å². The highest BCUT2D eigenvalue weighted by atomic mass is 16.4. The molecular weight excluding hydrogens is 484 g/mol. The van der Waals surface area contributed by atoms with Gasteiger partial charge in [0.15, 0.2) is 0 Å². The smallest absolute Gasteiger partial charge is 0.309 e. The zero-order chi connectivity index (χ0) is 28.9. The highest BCUT2D eigenvalue weighted by Crippen LogP contribution is 2.37. The van der Waals surface area contributed by atoms with Crippen LogP contribution in [0.15, 0.2) is 0 Å². The molecule has 0 unspecified atom stereocenters. The van der Waals surface area contributed by atoms with E-state index < -0.39 is 17.4 Å². The predicted molar refractivity (Wildman–Crippen MR) is 168 cm³/mol. The molecular formula is C35H68O4. The third-order valence-corrected chi connectivity index (χ3v) is 8.79. The van der Waals surface area contributed by atoms with E-state index in [1.807, 2.05) is 0 Å². The second-order valence-corrected chi connectivity index (χ2v) is 12.5. The minimum Gasteiger partial charge on any atom is -0.481 e. The molecule has 0 saturated heterocycles. The molecule has 39 heavy (non-hydrogen) atoms. The minimum absolute atomic E-state index is 0.0385. The van der Waals surface area contributed by atoms with Crippen molar-refractivity contribution in [3.8, 4) is 0 Å². The highest BCUT2D eigenvalue weighted by molar-refractivity contribution is 5.76. The van der Waals surface area contributed by atoms with Crippen molar-refractivity contribution >= 4 is 11.9 Å². The average Bonchev–Trinajstić information content (AvgIpc) is 2.91. The molecule has 4 heteroatoms. The van der Waals surface area contributed by atoms with E-state index in [1.54, 1.807) is 0 Å². The van der Waals surface area contributed by atoms with E-state index in [4.69, 9.17) is 0 Å². The van der Waals surface area contributed by atoms with Crippen molar-refractivity contribution in [2.75, 3.05) is 0 Å². The van der Waals surface area contributed by atoms with Crippen LogP contribution in [0, 0.1) is 5.41 Å². The summed E-state index contributed by atoms with van der Waals surface area (Å²) < 4.78 is 0. The lowest BCUT2D eigenvalue weighted by Crippen LogP contribution is -2.32. The molecule has 0 radical (unpaired) electrons. The Kier molecular flexibility index (Phi) is 27.7. The number of hydrogen-bond acceptors (Lipinski definition) is 2. The third-order valence-electron chi connectivity index (χ3n) is 8.79. The van der Waals surface area contributed by atoms with Gasteiger partial charge in [-0.1, -0.05) is 181 Å². The fourth-order valence-electron chi connectivity index (χ4n) is 6.00. The van der Waals surface area contributed by atoms with Crippen LogP contribution in [0.2, 0.25) is 0 Å². The lowest BCUT2D eigenvalue weighted by atomic mass is 9.74. The fourth-order valence-corrected chi connectivity index (χ4v) is 6.00. The van der Waals surface area contributed by atoms with Gasteiger partial charge in [0.1, 0.15) is 0 Å². The molecule has 0 amide bonds. The van der Waals surface area contributed by atoms with Crippen molar-refractivity contribution in [2.24, 2.45) is 5.41 Å². The van der Waals surface area contributed by atoms with Gasteiger partial charge in [-0.15, -0.1) is 0 Å². The van der Waals surface area contributed by atoms with Gasteiger partial charge in [0.05, 0.1) is 5.41 Å². The van der Waals surface area contributed by atoms with Gasteiger partial charge in [-0.3, -0.25) is 9.59 Å². The Bertz CT molecular complexity index is 515. The zero-order valence-electron chi connectivity index (χ0n) is 26.4. The Labute approximate surface area is 243 Å². The van der Waals surface area contributed by atoms with Gasteiger partial charge < -0.3 is 10.2 Å². The van der Waals surface area contributed by atoms with Gasteiger partial charge in [-0.25, -0.2) is 0 Å². The van der Waals surface area contributed by atoms with Crippen LogP contribution in [-0.2, 0) is 9.59 Å². The molecule has 0 aliphatic heterocycles. The van der Waals surface area contributed by atoms with E-state index in [-0.39, 0.29) is 12.8 Å². The number of unbranched alkanes of at least 4 members (excludes halogenated alkanes) is 24. The largest absolute Gasteiger partial charge is 0.481 e. The van der Waals surface area contributed by atoms with Crippen LogP contribution in [-0.4, -0.2) is 22.2 Å². The van der Waals surface area contributed by atoms with Crippen molar-refractivity contribution in [1.82, 2.24) is 0 Å². The van der Waals surface area contributed by atoms with E-state index in [0.717, 1.165) is 25.7 Å². The quantitative estimate of drug-likeness (QED) is 0.0814. The molecule has 0 aromatic carbocycles. The summed E-state index contributed by atoms with van der Waals surface area (Å²) in [5.41, 5.74) is -0.853. The van der Waals surface area contributed by atoms with Crippen molar-refractivity contribution < 1.29 is 19.8 Å². The second kappa shape index (κ2) is 28.5. The first-order chi connectivity index (χ1) is 19.0. The topological polar surface area (TPSA) is 74.6 Å². The van der Waals surface area contributed by atoms with Crippen LogP contribution in [0.3, 0.4) is 0 Å². The second-order valence-electron chi connectivity index (χ2n) is 12.5. The molecule has 0 bridgehead atoms. The maximum atomic E-state index is 12.3. The molecule has 0 aliphatic rings. The summed E-state index contributed by atoms with van der Waals surface area (Å²) in [7, 11) is 0. The van der Waals surface area contributed by atoms with Crippen LogP contribution < -0.4 is 0 Å². The van der Waals surface area contributed by atoms with Crippen LogP contribution in [0.5, 0.6) is 0 Å². The Morgan fingerprint density at radius 3 is 0.897 bits per heavy atom. The molecule has 0 spiro atoms. The summed E-state index contributed by atoms with van der Waals surface area (Å²) in [6.45, 7) is 4.52. The number of hydrogen-bond donors (Lipinski definition) is 2. The summed E-state index contributed by atoms with van der Waals surface area (Å²) in [6, 6.07) is 0. The molecule has 0 atom stereocenters. The first-order valence-corrected chi connectivity index (χ1v) is 17.4. The number of carbonyl (C=O) groups is 2. The maximum Gasteiger partial charge on any atom is 0.309 e. The lowest BCUT2D eigenvalue weighted by Gasteiger charge is -2.29. The van der Waals surface area contributed by atoms with Gasteiger partial charge in [0.2, 0.25) is 0 Å². The van der Waals surface area contributed by atoms with Gasteiger partial charge >= 0.3 is 11.9 Å². The molecule has 2 N–H and O–H groups in total. The van der Waals surface area contributed by atoms with E-state index in [1.165, 1.54) is 141 Å². The highest BCUT2D eigenvalue weighted by Gasteiger charge is 2.37. The van der Waals surface area contributed by atoms with Crippen LogP contribution in [0.4, 0.5) is 0 Å².